The smallest absolute Gasteiger partial charge is 0.143 e. The van der Waals surface area contributed by atoms with E-state index in [-0.39, 0.29) is 0 Å². The number of carbonyl (C=O) groups excluding carboxylic acids is 1. The zero-order chi connectivity index (χ0) is 11.3. The second-order valence-electron chi connectivity index (χ2n) is 3.85. The Kier molecular flexibility index (Phi) is 4.50. The maximum Gasteiger partial charge on any atom is 0.143 e. The second-order valence-corrected chi connectivity index (χ2v) is 3.85. The molecule has 2 unspecified atom stereocenters. The van der Waals surface area contributed by atoms with E-state index in [4.69, 9.17) is 0 Å². The summed E-state index contributed by atoms with van der Waals surface area (Å²) in [6, 6.07) is 0.419. The first kappa shape index (κ1) is 11.9. The zero-order valence-corrected chi connectivity index (χ0v) is 9.66. The number of hydrogen-bond acceptors (Lipinski definition) is 2. The molecule has 0 aromatic rings. The van der Waals surface area contributed by atoms with Crippen molar-refractivity contribution in [3.63, 3.8) is 0 Å². The highest BCUT2D eigenvalue weighted by atomic mass is 16.1. The summed E-state index contributed by atoms with van der Waals surface area (Å²) < 4.78 is 0. The summed E-state index contributed by atoms with van der Waals surface area (Å²) in [5.41, 5.74) is 2.20. The molecule has 82 valence electrons. The molecule has 1 rings (SSSR count). The van der Waals surface area contributed by atoms with E-state index in [9.17, 15) is 4.79 Å². The van der Waals surface area contributed by atoms with Crippen molar-refractivity contribution in [1.82, 2.24) is 5.32 Å². The standard InChI is InChI=1S/C13H19NO/c1-4-11-9-12(10(2)7-8-15)5-6-13(11)14-3/h5-9,11,13-14H,4H2,1-3H3/b10-7+. The topological polar surface area (TPSA) is 29.1 Å². The van der Waals surface area contributed by atoms with Gasteiger partial charge in [-0.25, -0.2) is 0 Å². The summed E-state index contributed by atoms with van der Waals surface area (Å²) in [6.45, 7) is 4.15. The van der Waals surface area contributed by atoms with Crippen LogP contribution in [0.5, 0.6) is 0 Å². The maximum absolute atomic E-state index is 10.4. The molecule has 15 heavy (non-hydrogen) atoms. The molecule has 2 heteroatoms. The van der Waals surface area contributed by atoms with Crippen LogP contribution in [0.2, 0.25) is 0 Å². The first-order valence-corrected chi connectivity index (χ1v) is 5.42. The molecule has 0 saturated carbocycles. The number of likely N-dealkylation sites (N-methyl/N-ethyl adjacent to an activating group) is 1. The van der Waals surface area contributed by atoms with Gasteiger partial charge in [0.15, 0.2) is 0 Å². The summed E-state index contributed by atoms with van der Waals surface area (Å²) in [5, 5.41) is 3.28. The normalized spacial score (nSPS) is 26.3. The Morgan fingerprint density at radius 1 is 1.60 bits per heavy atom. The largest absolute Gasteiger partial charge is 0.313 e. The lowest BCUT2D eigenvalue weighted by Crippen LogP contribution is -2.32. The monoisotopic (exact) mass is 205 g/mol. The molecule has 0 amide bonds. The van der Waals surface area contributed by atoms with Crippen LogP contribution in [0.15, 0.2) is 35.5 Å². The average molecular weight is 205 g/mol. The van der Waals surface area contributed by atoms with Gasteiger partial charge in [0.1, 0.15) is 6.29 Å². The van der Waals surface area contributed by atoms with Gasteiger partial charge >= 0.3 is 0 Å². The molecule has 1 aliphatic carbocycles. The highest BCUT2D eigenvalue weighted by Crippen LogP contribution is 2.24. The lowest BCUT2D eigenvalue weighted by Gasteiger charge is -2.25. The fraction of sp³-hybridized carbons (Fsp3) is 0.462. The van der Waals surface area contributed by atoms with E-state index in [1.165, 1.54) is 5.57 Å². The molecule has 1 aliphatic rings. The quantitative estimate of drug-likeness (QED) is 0.563. The predicted octanol–water partition coefficient (Wildman–Crippen LogP) is 2.24. The number of carbonyl (C=O) groups is 1. The Morgan fingerprint density at radius 3 is 2.87 bits per heavy atom. The number of allylic oxidation sites excluding steroid dienone is 4. The van der Waals surface area contributed by atoms with Crippen molar-refractivity contribution in [1.29, 1.82) is 0 Å². The summed E-state index contributed by atoms with van der Waals surface area (Å²) in [5.74, 6) is 0.519. The average Bonchev–Trinajstić information content (AvgIpc) is 2.28. The first-order chi connectivity index (χ1) is 7.22. The molecule has 0 fully saturated rings. The van der Waals surface area contributed by atoms with E-state index in [1.807, 2.05) is 14.0 Å². The van der Waals surface area contributed by atoms with E-state index < -0.39 is 0 Å². The van der Waals surface area contributed by atoms with E-state index in [0.717, 1.165) is 18.3 Å². The fourth-order valence-corrected chi connectivity index (χ4v) is 1.88. The van der Waals surface area contributed by atoms with Crippen LogP contribution in [0.4, 0.5) is 0 Å². The summed E-state index contributed by atoms with van der Waals surface area (Å²) in [4.78, 5) is 10.4. The molecule has 0 bridgehead atoms. The molecule has 2 atom stereocenters. The Hall–Kier alpha value is -1.15. The molecule has 0 aromatic heterocycles. The van der Waals surface area contributed by atoms with Crippen LogP contribution in [0.25, 0.3) is 0 Å². The molecule has 0 spiro atoms. The Morgan fingerprint density at radius 2 is 2.33 bits per heavy atom. The Balaban J connectivity index is 2.86. The van der Waals surface area contributed by atoms with Crippen molar-refractivity contribution in [2.45, 2.75) is 26.3 Å². The summed E-state index contributed by atoms with van der Waals surface area (Å²) >= 11 is 0. The van der Waals surface area contributed by atoms with Crippen LogP contribution in [0, 0.1) is 5.92 Å². The molecule has 0 heterocycles. The van der Waals surface area contributed by atoms with Crippen molar-refractivity contribution in [3.05, 3.63) is 35.5 Å². The third-order valence-corrected chi connectivity index (χ3v) is 2.92. The minimum atomic E-state index is 0.419. The van der Waals surface area contributed by atoms with Gasteiger partial charge in [0.05, 0.1) is 0 Å². The highest BCUT2D eigenvalue weighted by molar-refractivity contribution is 5.68. The number of hydrogen-bond donors (Lipinski definition) is 1. The van der Waals surface area contributed by atoms with E-state index >= 15 is 0 Å². The van der Waals surface area contributed by atoms with Crippen LogP contribution >= 0.6 is 0 Å². The van der Waals surface area contributed by atoms with Crippen LogP contribution in [-0.4, -0.2) is 19.4 Å². The van der Waals surface area contributed by atoms with Crippen LogP contribution in [-0.2, 0) is 4.79 Å². The van der Waals surface area contributed by atoms with Crippen molar-refractivity contribution in [3.8, 4) is 0 Å². The maximum atomic E-state index is 10.4. The highest BCUT2D eigenvalue weighted by Gasteiger charge is 2.17. The summed E-state index contributed by atoms with van der Waals surface area (Å²) in [6.07, 6.45) is 10.1. The van der Waals surface area contributed by atoms with Gasteiger partial charge in [-0.2, -0.15) is 0 Å². The van der Waals surface area contributed by atoms with Gasteiger partial charge in [-0.1, -0.05) is 25.2 Å². The minimum absolute atomic E-state index is 0.419. The number of aldehydes is 1. The van der Waals surface area contributed by atoms with Gasteiger partial charge in [-0.3, -0.25) is 4.79 Å². The van der Waals surface area contributed by atoms with E-state index in [2.05, 4.69) is 30.5 Å². The molecular formula is C13H19NO. The van der Waals surface area contributed by atoms with Gasteiger partial charge in [0.25, 0.3) is 0 Å². The van der Waals surface area contributed by atoms with Gasteiger partial charge in [0.2, 0.25) is 0 Å². The Labute approximate surface area is 91.8 Å². The van der Waals surface area contributed by atoms with Crippen molar-refractivity contribution >= 4 is 6.29 Å². The van der Waals surface area contributed by atoms with Gasteiger partial charge in [-0.15, -0.1) is 0 Å². The van der Waals surface area contributed by atoms with Gasteiger partial charge in [-0.05, 0) is 43.5 Å². The molecule has 1 N–H and O–H groups in total. The van der Waals surface area contributed by atoms with Crippen LogP contribution in [0.1, 0.15) is 20.3 Å². The van der Waals surface area contributed by atoms with Gasteiger partial charge < -0.3 is 5.32 Å². The molecule has 0 aromatic carbocycles. The molecule has 0 saturated heterocycles. The second kappa shape index (κ2) is 5.66. The van der Waals surface area contributed by atoms with Crippen LogP contribution < -0.4 is 5.32 Å². The van der Waals surface area contributed by atoms with E-state index in [1.54, 1.807) is 6.08 Å². The lowest BCUT2D eigenvalue weighted by atomic mass is 9.87. The van der Waals surface area contributed by atoms with Crippen molar-refractivity contribution < 1.29 is 4.79 Å². The predicted molar refractivity (Wildman–Crippen MR) is 63.7 cm³/mol. The Bertz CT molecular complexity index is 312. The molecule has 0 radical (unpaired) electrons. The van der Waals surface area contributed by atoms with Gasteiger partial charge in [0, 0.05) is 6.04 Å². The third-order valence-electron chi connectivity index (χ3n) is 2.92. The first-order valence-electron chi connectivity index (χ1n) is 5.42. The molecule has 0 aliphatic heterocycles. The fourth-order valence-electron chi connectivity index (χ4n) is 1.88. The summed E-state index contributed by atoms with van der Waals surface area (Å²) in [7, 11) is 1.98. The SMILES string of the molecule is CCC1C=C(/C(C)=C/C=O)C=CC1NC. The van der Waals surface area contributed by atoms with Crippen molar-refractivity contribution in [2.75, 3.05) is 7.05 Å². The number of rotatable bonds is 4. The van der Waals surface area contributed by atoms with E-state index in [0.29, 0.717) is 12.0 Å². The zero-order valence-electron chi connectivity index (χ0n) is 9.66. The molecule has 2 nitrogen and oxygen atoms in total. The lowest BCUT2D eigenvalue weighted by molar-refractivity contribution is -0.104. The number of nitrogens with one attached hydrogen (secondary N) is 1. The third kappa shape index (κ3) is 2.90. The molecular weight excluding hydrogens is 186 g/mol. The van der Waals surface area contributed by atoms with Crippen molar-refractivity contribution in [2.24, 2.45) is 5.92 Å². The minimum Gasteiger partial charge on any atom is -0.313 e. The van der Waals surface area contributed by atoms with Crippen LogP contribution in [0.3, 0.4) is 0 Å².